The smallest absolute Gasteiger partial charge is 0.257 e. The van der Waals surface area contributed by atoms with E-state index in [2.05, 4.69) is 5.32 Å². The van der Waals surface area contributed by atoms with Gasteiger partial charge in [0.2, 0.25) is 0 Å². The zero-order valence-electron chi connectivity index (χ0n) is 9.48. The van der Waals surface area contributed by atoms with Crippen LogP contribution in [0.25, 0.3) is 0 Å². The van der Waals surface area contributed by atoms with Crippen LogP contribution in [0, 0.1) is 0 Å². The molecule has 2 aromatic rings. The van der Waals surface area contributed by atoms with Crippen LogP contribution in [-0.2, 0) is 0 Å². The van der Waals surface area contributed by atoms with Gasteiger partial charge in [-0.2, -0.15) is 0 Å². The number of amides is 1. The molecule has 0 saturated heterocycles. The lowest BCUT2D eigenvalue weighted by atomic mass is 10.1. The largest absolute Gasteiger partial charge is 0.398 e. The Balaban J connectivity index is 2.24. The minimum absolute atomic E-state index is 0.304. The molecule has 0 bridgehead atoms. The average molecular weight is 262 g/mol. The average Bonchev–Trinajstić information content (AvgIpc) is 2.33. The highest BCUT2D eigenvalue weighted by molar-refractivity contribution is 6.31. The normalized spacial score (nSPS) is 10.1. The van der Waals surface area contributed by atoms with Crippen LogP contribution in [0.15, 0.2) is 42.5 Å². The second kappa shape index (κ2) is 4.98. The van der Waals surface area contributed by atoms with Gasteiger partial charge in [-0.05, 0) is 30.3 Å². The Bertz CT molecular complexity index is 599. The number of nitrogen functional groups attached to an aromatic ring is 2. The standard InChI is InChI=1S/C13H12ClN3O/c14-8-5-6-12(11(16)7-8)17-13(18)9-3-1-2-4-10(9)15/h1-7H,15-16H2,(H,17,18). The predicted molar refractivity (Wildman–Crippen MR) is 74.7 cm³/mol. The van der Waals surface area contributed by atoms with Crippen LogP contribution >= 0.6 is 11.6 Å². The van der Waals surface area contributed by atoms with Crippen molar-refractivity contribution in [2.45, 2.75) is 0 Å². The van der Waals surface area contributed by atoms with Crippen LogP contribution in [0.1, 0.15) is 10.4 Å². The van der Waals surface area contributed by atoms with E-state index in [1.807, 2.05) is 0 Å². The Hall–Kier alpha value is -2.20. The molecule has 2 aromatic carbocycles. The highest BCUT2D eigenvalue weighted by Gasteiger charge is 2.10. The first-order valence-electron chi connectivity index (χ1n) is 5.29. The van der Waals surface area contributed by atoms with Gasteiger partial charge in [0.25, 0.3) is 5.91 Å². The lowest BCUT2D eigenvalue weighted by molar-refractivity contribution is 0.102. The molecule has 0 aliphatic carbocycles. The molecule has 0 aromatic heterocycles. The first kappa shape index (κ1) is 12.3. The Labute approximate surface area is 110 Å². The second-order valence-corrected chi connectivity index (χ2v) is 4.21. The summed E-state index contributed by atoms with van der Waals surface area (Å²) >= 11 is 5.78. The van der Waals surface area contributed by atoms with E-state index in [0.717, 1.165) is 0 Å². The number of hydrogen-bond donors (Lipinski definition) is 3. The molecule has 0 heterocycles. The quantitative estimate of drug-likeness (QED) is 0.727. The summed E-state index contributed by atoms with van der Waals surface area (Å²) in [6.07, 6.45) is 0. The van der Waals surface area contributed by atoms with Gasteiger partial charge in [-0.3, -0.25) is 4.79 Å². The molecule has 0 atom stereocenters. The maximum absolute atomic E-state index is 12.0. The van der Waals surface area contributed by atoms with Gasteiger partial charge in [0.05, 0.1) is 16.9 Å². The summed E-state index contributed by atoms with van der Waals surface area (Å²) < 4.78 is 0. The van der Waals surface area contributed by atoms with Crippen molar-refractivity contribution in [3.63, 3.8) is 0 Å². The van der Waals surface area contributed by atoms with E-state index in [-0.39, 0.29) is 5.91 Å². The molecule has 0 aliphatic rings. The Morgan fingerprint density at radius 1 is 1.06 bits per heavy atom. The fourth-order valence-electron chi connectivity index (χ4n) is 1.54. The Morgan fingerprint density at radius 3 is 2.44 bits per heavy atom. The van der Waals surface area contributed by atoms with Crippen molar-refractivity contribution in [3.05, 3.63) is 53.1 Å². The minimum Gasteiger partial charge on any atom is -0.398 e. The molecule has 2 rings (SSSR count). The highest BCUT2D eigenvalue weighted by atomic mass is 35.5. The number of benzene rings is 2. The van der Waals surface area contributed by atoms with E-state index >= 15 is 0 Å². The van der Waals surface area contributed by atoms with Crippen molar-refractivity contribution in [2.75, 3.05) is 16.8 Å². The molecule has 5 N–H and O–H groups in total. The van der Waals surface area contributed by atoms with E-state index < -0.39 is 0 Å². The summed E-state index contributed by atoms with van der Waals surface area (Å²) in [6.45, 7) is 0. The molecule has 0 saturated carbocycles. The van der Waals surface area contributed by atoms with Crippen LogP contribution < -0.4 is 16.8 Å². The van der Waals surface area contributed by atoms with Crippen molar-refractivity contribution < 1.29 is 4.79 Å². The van der Waals surface area contributed by atoms with Crippen LogP contribution in [0.4, 0.5) is 17.1 Å². The van der Waals surface area contributed by atoms with Gasteiger partial charge in [0.1, 0.15) is 0 Å². The van der Waals surface area contributed by atoms with Crippen LogP contribution in [0.2, 0.25) is 5.02 Å². The third-order valence-electron chi connectivity index (χ3n) is 2.47. The molecule has 0 fully saturated rings. The highest BCUT2D eigenvalue weighted by Crippen LogP contribution is 2.23. The summed E-state index contributed by atoms with van der Waals surface area (Å²) in [7, 11) is 0. The maximum atomic E-state index is 12.0. The molecule has 1 amide bonds. The van der Waals surface area contributed by atoms with Gasteiger partial charge in [-0.15, -0.1) is 0 Å². The lowest BCUT2D eigenvalue weighted by Crippen LogP contribution is -2.14. The number of rotatable bonds is 2. The van der Waals surface area contributed by atoms with E-state index in [0.29, 0.717) is 27.6 Å². The number of anilines is 3. The zero-order chi connectivity index (χ0) is 13.1. The number of para-hydroxylation sites is 1. The molecule has 0 aliphatic heterocycles. The first-order chi connectivity index (χ1) is 8.58. The molecule has 0 spiro atoms. The van der Waals surface area contributed by atoms with E-state index in [1.54, 1.807) is 42.5 Å². The number of halogens is 1. The topological polar surface area (TPSA) is 81.1 Å². The zero-order valence-corrected chi connectivity index (χ0v) is 10.2. The molecule has 92 valence electrons. The van der Waals surface area contributed by atoms with Gasteiger partial charge in [-0.1, -0.05) is 23.7 Å². The number of carbonyl (C=O) groups excluding carboxylic acids is 1. The molecule has 18 heavy (non-hydrogen) atoms. The predicted octanol–water partition coefficient (Wildman–Crippen LogP) is 2.76. The third-order valence-corrected chi connectivity index (χ3v) is 2.70. The van der Waals surface area contributed by atoms with Gasteiger partial charge in [-0.25, -0.2) is 0 Å². The third kappa shape index (κ3) is 2.55. The van der Waals surface area contributed by atoms with Gasteiger partial charge in [0.15, 0.2) is 0 Å². The fraction of sp³-hybridized carbons (Fsp3) is 0. The van der Waals surface area contributed by atoms with Crippen LogP contribution in [0.5, 0.6) is 0 Å². The van der Waals surface area contributed by atoms with Crippen molar-refractivity contribution in [1.29, 1.82) is 0 Å². The van der Waals surface area contributed by atoms with Crippen LogP contribution in [0.3, 0.4) is 0 Å². The molecular formula is C13H12ClN3O. The van der Waals surface area contributed by atoms with Gasteiger partial charge < -0.3 is 16.8 Å². The number of hydrogen-bond acceptors (Lipinski definition) is 3. The molecule has 0 unspecified atom stereocenters. The Morgan fingerprint density at radius 2 is 1.78 bits per heavy atom. The lowest BCUT2D eigenvalue weighted by Gasteiger charge is -2.09. The molecule has 0 radical (unpaired) electrons. The SMILES string of the molecule is Nc1cc(Cl)ccc1NC(=O)c1ccccc1N. The second-order valence-electron chi connectivity index (χ2n) is 3.77. The van der Waals surface area contributed by atoms with E-state index in [9.17, 15) is 4.79 Å². The summed E-state index contributed by atoms with van der Waals surface area (Å²) in [5, 5.41) is 3.21. The first-order valence-corrected chi connectivity index (χ1v) is 5.66. The maximum Gasteiger partial charge on any atom is 0.257 e. The summed E-state index contributed by atoms with van der Waals surface area (Å²) in [5.74, 6) is -0.304. The van der Waals surface area contributed by atoms with Crippen molar-refractivity contribution in [3.8, 4) is 0 Å². The summed E-state index contributed by atoms with van der Waals surface area (Å²) in [5.41, 5.74) is 13.2. The fourth-order valence-corrected chi connectivity index (χ4v) is 1.72. The molecule has 5 heteroatoms. The number of carbonyl (C=O) groups is 1. The van der Waals surface area contributed by atoms with E-state index in [4.69, 9.17) is 23.1 Å². The summed E-state index contributed by atoms with van der Waals surface area (Å²) in [6, 6.07) is 11.7. The minimum atomic E-state index is -0.304. The monoisotopic (exact) mass is 261 g/mol. The van der Waals surface area contributed by atoms with E-state index in [1.165, 1.54) is 0 Å². The Kier molecular flexibility index (Phi) is 3.39. The van der Waals surface area contributed by atoms with Crippen molar-refractivity contribution in [1.82, 2.24) is 0 Å². The van der Waals surface area contributed by atoms with Crippen molar-refractivity contribution >= 4 is 34.6 Å². The van der Waals surface area contributed by atoms with Gasteiger partial charge >= 0.3 is 0 Å². The van der Waals surface area contributed by atoms with Gasteiger partial charge in [0, 0.05) is 10.7 Å². The molecule has 4 nitrogen and oxygen atoms in total. The summed E-state index contributed by atoms with van der Waals surface area (Å²) in [4.78, 5) is 12.0. The number of nitrogens with two attached hydrogens (primary N) is 2. The number of nitrogens with one attached hydrogen (secondary N) is 1. The molecular weight excluding hydrogens is 250 g/mol. The van der Waals surface area contributed by atoms with Crippen molar-refractivity contribution in [2.24, 2.45) is 0 Å². The van der Waals surface area contributed by atoms with Crippen LogP contribution in [-0.4, -0.2) is 5.91 Å².